The van der Waals surface area contributed by atoms with Crippen molar-refractivity contribution < 1.29 is 22.7 Å². The lowest BCUT2D eigenvalue weighted by Crippen LogP contribution is -2.43. The fourth-order valence-corrected chi connectivity index (χ4v) is 4.29. The van der Waals surface area contributed by atoms with Gasteiger partial charge in [0.1, 0.15) is 5.75 Å². The van der Waals surface area contributed by atoms with Crippen molar-refractivity contribution in [2.45, 2.75) is 18.6 Å². The fraction of sp³-hybridized carbons (Fsp3) is 0.389. The second kappa shape index (κ2) is 6.59. The van der Waals surface area contributed by atoms with Crippen molar-refractivity contribution in [1.82, 2.24) is 10.2 Å². The van der Waals surface area contributed by atoms with Gasteiger partial charge in [-0.05, 0) is 43.1 Å². The quantitative estimate of drug-likeness (QED) is 0.869. The first kappa shape index (κ1) is 17.4. The van der Waals surface area contributed by atoms with E-state index in [1.54, 1.807) is 24.3 Å². The van der Waals surface area contributed by atoms with Gasteiger partial charge in [-0.3, -0.25) is 4.79 Å². The second-order valence-corrected chi connectivity index (χ2v) is 7.54. The van der Waals surface area contributed by atoms with Crippen LogP contribution in [0.5, 0.6) is 10.8 Å². The third kappa shape index (κ3) is 3.57. The molecular formula is C18H17F3N2O2S. The second-order valence-electron chi connectivity index (χ2n) is 6.67. The van der Waals surface area contributed by atoms with E-state index < -0.39 is 11.7 Å². The van der Waals surface area contributed by atoms with Crippen LogP contribution in [-0.2, 0) is 6.18 Å². The van der Waals surface area contributed by atoms with Gasteiger partial charge in [0.15, 0.2) is 5.06 Å². The van der Waals surface area contributed by atoms with Crippen LogP contribution in [0.25, 0.3) is 0 Å². The standard InChI is InChI=1S/C18H17F3N2O2S/c19-18(20,21)13-7-16(26-10-13)25-14-3-1-11(2-4-14)17(24)22-15-9-23-6-5-12(15)8-23/h1-4,7,10,12,15H,5-6,8-9H2,(H,22,24)/t12-,15?/m0/s1. The van der Waals surface area contributed by atoms with Crippen molar-refractivity contribution in [1.29, 1.82) is 0 Å². The zero-order valence-corrected chi connectivity index (χ0v) is 14.6. The van der Waals surface area contributed by atoms with E-state index in [1.165, 1.54) is 0 Å². The Morgan fingerprint density at radius 3 is 2.58 bits per heavy atom. The molecule has 3 atom stereocenters. The molecule has 1 N–H and O–H groups in total. The Labute approximate surface area is 152 Å². The Kier molecular flexibility index (Phi) is 4.40. The number of nitrogens with zero attached hydrogens (tertiary/aromatic N) is 1. The summed E-state index contributed by atoms with van der Waals surface area (Å²) in [5, 5.41) is 4.25. The first-order valence-electron chi connectivity index (χ1n) is 8.35. The summed E-state index contributed by atoms with van der Waals surface area (Å²) in [7, 11) is 0. The highest BCUT2D eigenvalue weighted by atomic mass is 32.1. The minimum atomic E-state index is -4.38. The summed E-state index contributed by atoms with van der Waals surface area (Å²) in [6.45, 7) is 3.07. The average Bonchev–Trinajstić information content (AvgIpc) is 3.31. The third-order valence-corrected chi connectivity index (χ3v) is 5.69. The van der Waals surface area contributed by atoms with E-state index in [1.807, 2.05) is 0 Å². The summed E-state index contributed by atoms with van der Waals surface area (Å²) < 4.78 is 43.3. The van der Waals surface area contributed by atoms with Crippen molar-refractivity contribution >= 4 is 17.2 Å². The summed E-state index contributed by atoms with van der Waals surface area (Å²) in [5.41, 5.74) is -0.215. The van der Waals surface area contributed by atoms with Crippen LogP contribution in [0.4, 0.5) is 13.2 Å². The first-order valence-corrected chi connectivity index (χ1v) is 9.23. The first-order chi connectivity index (χ1) is 12.4. The predicted molar refractivity (Wildman–Crippen MR) is 91.6 cm³/mol. The number of amides is 1. The zero-order chi connectivity index (χ0) is 18.3. The lowest BCUT2D eigenvalue weighted by molar-refractivity contribution is -0.137. The molecule has 0 saturated carbocycles. The molecular weight excluding hydrogens is 365 g/mol. The molecule has 2 unspecified atom stereocenters. The molecule has 1 amide bonds. The Morgan fingerprint density at radius 1 is 1.23 bits per heavy atom. The normalized spacial score (nSPS) is 24.7. The van der Waals surface area contributed by atoms with Crippen LogP contribution in [0.3, 0.4) is 0 Å². The maximum atomic E-state index is 12.6. The maximum absolute atomic E-state index is 12.6. The number of fused-ring (bicyclic) bond motifs is 2. The van der Waals surface area contributed by atoms with Gasteiger partial charge in [-0.15, -0.1) is 11.3 Å². The molecule has 2 aliphatic rings. The van der Waals surface area contributed by atoms with Crippen LogP contribution in [0, 0.1) is 5.92 Å². The number of ether oxygens (including phenoxy) is 1. The van der Waals surface area contributed by atoms with Gasteiger partial charge >= 0.3 is 6.18 Å². The highest BCUT2D eigenvalue weighted by Gasteiger charge is 2.38. The Hall–Kier alpha value is -2.06. The Bertz CT molecular complexity index is 804. The van der Waals surface area contributed by atoms with Crippen LogP contribution >= 0.6 is 11.3 Å². The van der Waals surface area contributed by atoms with Crippen LogP contribution in [0.2, 0.25) is 0 Å². The molecule has 3 heterocycles. The Balaban J connectivity index is 1.37. The van der Waals surface area contributed by atoms with Crippen LogP contribution in [-0.4, -0.2) is 36.5 Å². The minimum Gasteiger partial charge on any atom is -0.447 e. The highest BCUT2D eigenvalue weighted by molar-refractivity contribution is 7.12. The van der Waals surface area contributed by atoms with Gasteiger partial charge < -0.3 is 15.0 Å². The van der Waals surface area contributed by atoms with Gasteiger partial charge in [-0.25, -0.2) is 0 Å². The number of benzene rings is 1. The number of thiophene rings is 1. The molecule has 2 aromatic rings. The molecule has 0 aliphatic carbocycles. The summed E-state index contributed by atoms with van der Waals surface area (Å²) in [6, 6.07) is 7.58. The molecule has 4 rings (SSSR count). The molecule has 2 saturated heterocycles. The van der Waals surface area contributed by atoms with Crippen molar-refractivity contribution in [3.05, 3.63) is 46.8 Å². The van der Waals surface area contributed by atoms with Crippen molar-refractivity contribution in [2.24, 2.45) is 5.92 Å². The molecule has 4 nitrogen and oxygen atoms in total. The summed E-state index contributed by atoms with van der Waals surface area (Å²) in [5.74, 6) is 0.789. The van der Waals surface area contributed by atoms with Gasteiger partial charge in [0.05, 0.1) is 5.56 Å². The number of alkyl halides is 3. The number of piperidine rings is 1. The number of carbonyl (C=O) groups is 1. The maximum Gasteiger partial charge on any atom is 0.417 e. The molecule has 1 aromatic carbocycles. The van der Waals surface area contributed by atoms with Crippen molar-refractivity contribution in [2.75, 3.05) is 19.6 Å². The minimum absolute atomic E-state index is 0.134. The lowest BCUT2D eigenvalue weighted by atomic mass is 9.99. The van der Waals surface area contributed by atoms with Crippen LogP contribution in [0.15, 0.2) is 35.7 Å². The van der Waals surface area contributed by atoms with Crippen LogP contribution < -0.4 is 10.1 Å². The van der Waals surface area contributed by atoms with Gasteiger partial charge in [0, 0.05) is 36.1 Å². The van der Waals surface area contributed by atoms with E-state index >= 15 is 0 Å². The Morgan fingerprint density at radius 2 is 2.00 bits per heavy atom. The number of carbonyl (C=O) groups excluding carboxylic acids is 1. The highest BCUT2D eigenvalue weighted by Crippen LogP contribution is 2.37. The number of rotatable bonds is 4. The topological polar surface area (TPSA) is 41.6 Å². The number of hydrogen-bond donors (Lipinski definition) is 1. The molecule has 2 fully saturated rings. The smallest absolute Gasteiger partial charge is 0.417 e. The molecule has 8 heteroatoms. The molecule has 26 heavy (non-hydrogen) atoms. The lowest BCUT2D eigenvalue weighted by Gasteiger charge is -2.23. The average molecular weight is 382 g/mol. The molecule has 2 bridgehead atoms. The monoisotopic (exact) mass is 382 g/mol. The van der Waals surface area contributed by atoms with E-state index in [9.17, 15) is 18.0 Å². The van der Waals surface area contributed by atoms with Crippen molar-refractivity contribution in [3.63, 3.8) is 0 Å². The van der Waals surface area contributed by atoms with Gasteiger partial charge in [-0.1, -0.05) is 0 Å². The molecule has 138 valence electrons. The predicted octanol–water partition coefficient (Wildman–Crippen LogP) is 3.99. The number of nitrogens with one attached hydrogen (secondary N) is 1. The summed E-state index contributed by atoms with van der Waals surface area (Å²) in [6.07, 6.45) is -3.26. The third-order valence-electron chi connectivity index (χ3n) is 4.89. The van der Waals surface area contributed by atoms with Gasteiger partial charge in [0.2, 0.25) is 0 Å². The SMILES string of the molecule is O=C(NC1CN2CC[C@H]1C2)c1ccc(Oc2cc(C(F)(F)F)cs2)cc1. The molecule has 0 radical (unpaired) electrons. The van der Waals surface area contributed by atoms with Crippen LogP contribution in [0.1, 0.15) is 22.3 Å². The fourth-order valence-electron chi connectivity index (χ4n) is 3.51. The summed E-state index contributed by atoms with van der Waals surface area (Å²) >= 11 is 0.884. The summed E-state index contributed by atoms with van der Waals surface area (Å²) in [4.78, 5) is 14.7. The van der Waals surface area contributed by atoms with E-state index in [0.29, 0.717) is 17.2 Å². The van der Waals surface area contributed by atoms with E-state index in [-0.39, 0.29) is 17.0 Å². The van der Waals surface area contributed by atoms with Gasteiger partial charge in [-0.2, -0.15) is 13.2 Å². The molecule has 2 aliphatic heterocycles. The largest absolute Gasteiger partial charge is 0.447 e. The zero-order valence-electron chi connectivity index (χ0n) is 13.8. The number of hydrogen-bond acceptors (Lipinski definition) is 4. The van der Waals surface area contributed by atoms with Crippen molar-refractivity contribution in [3.8, 4) is 10.8 Å². The van der Waals surface area contributed by atoms with E-state index in [2.05, 4.69) is 10.2 Å². The number of halogens is 3. The van der Waals surface area contributed by atoms with E-state index in [4.69, 9.17) is 4.74 Å². The van der Waals surface area contributed by atoms with E-state index in [0.717, 1.165) is 48.8 Å². The molecule has 0 spiro atoms. The molecule has 1 aromatic heterocycles. The van der Waals surface area contributed by atoms with Gasteiger partial charge in [0.25, 0.3) is 5.91 Å².